The molecule has 2 fully saturated rings. The van der Waals surface area contributed by atoms with Crippen LogP contribution in [0.4, 0.5) is 5.82 Å². The van der Waals surface area contributed by atoms with E-state index in [9.17, 15) is 4.79 Å². The van der Waals surface area contributed by atoms with Gasteiger partial charge >= 0.3 is 0 Å². The first-order valence-corrected chi connectivity index (χ1v) is 9.99. The highest BCUT2D eigenvalue weighted by Crippen LogP contribution is 2.46. The van der Waals surface area contributed by atoms with E-state index in [-0.39, 0.29) is 11.4 Å². The Labute approximate surface area is 172 Å². The Morgan fingerprint density at radius 3 is 2.97 bits per heavy atom. The Hall–Kier alpha value is -3.11. The molecular formula is C21H19ClN6O. The topological polar surface area (TPSA) is 88.9 Å². The van der Waals surface area contributed by atoms with E-state index in [1.165, 1.54) is 0 Å². The molecule has 0 unspecified atom stereocenters. The minimum Gasteiger partial charge on any atom is -0.352 e. The second-order valence-corrected chi connectivity index (χ2v) is 8.14. The molecule has 1 spiro atoms. The number of piperazine rings is 1. The van der Waals surface area contributed by atoms with Gasteiger partial charge in [-0.15, -0.1) is 0 Å². The van der Waals surface area contributed by atoms with E-state index in [0.717, 1.165) is 41.8 Å². The number of anilines is 1. The second kappa shape index (κ2) is 6.75. The van der Waals surface area contributed by atoms with E-state index < -0.39 is 0 Å². The molecule has 1 amide bonds. The predicted molar refractivity (Wildman–Crippen MR) is 110 cm³/mol. The molecule has 29 heavy (non-hydrogen) atoms. The summed E-state index contributed by atoms with van der Waals surface area (Å²) >= 11 is 6.35. The lowest BCUT2D eigenvalue weighted by Crippen LogP contribution is -2.57. The summed E-state index contributed by atoms with van der Waals surface area (Å²) in [4.78, 5) is 29.1. The third-order valence-corrected chi connectivity index (χ3v) is 6.19. The van der Waals surface area contributed by atoms with E-state index >= 15 is 0 Å². The third-order valence-electron chi connectivity index (χ3n) is 5.89. The fraction of sp³-hybridized carbons (Fsp3) is 0.333. The molecule has 5 rings (SSSR count). The number of H-pyrrole nitrogens is 1. The summed E-state index contributed by atoms with van der Waals surface area (Å²) in [5.41, 5.74) is 2.05. The molecule has 0 atom stereocenters. The van der Waals surface area contributed by atoms with Crippen molar-refractivity contribution < 1.29 is 4.79 Å². The van der Waals surface area contributed by atoms with Crippen molar-refractivity contribution in [2.24, 2.45) is 0 Å². The summed E-state index contributed by atoms with van der Waals surface area (Å²) in [7, 11) is 0. The number of halogens is 1. The summed E-state index contributed by atoms with van der Waals surface area (Å²) in [5, 5.41) is 10.5. The van der Waals surface area contributed by atoms with E-state index in [1.807, 2.05) is 17.0 Å². The largest absolute Gasteiger partial charge is 0.352 e. The SMILES string of the molecule is N#Cc1cccc(CC(=O)N2CCN(c3ncnc4[nH]cc(Cl)c34)CC23CC3)c1. The van der Waals surface area contributed by atoms with Crippen LogP contribution in [0.5, 0.6) is 0 Å². The second-order valence-electron chi connectivity index (χ2n) is 7.74. The molecule has 1 N–H and O–H groups in total. The monoisotopic (exact) mass is 406 g/mol. The molecule has 1 aliphatic carbocycles. The molecule has 2 aliphatic rings. The Morgan fingerprint density at radius 2 is 2.17 bits per heavy atom. The highest BCUT2D eigenvalue weighted by Gasteiger charge is 2.53. The molecule has 3 heterocycles. The highest BCUT2D eigenvalue weighted by atomic mass is 35.5. The van der Waals surface area contributed by atoms with Crippen molar-refractivity contribution >= 4 is 34.4 Å². The van der Waals surface area contributed by atoms with Crippen LogP contribution in [-0.4, -0.2) is 50.9 Å². The van der Waals surface area contributed by atoms with Crippen molar-refractivity contribution in [2.75, 3.05) is 24.5 Å². The number of hydrogen-bond acceptors (Lipinski definition) is 5. The average molecular weight is 407 g/mol. The smallest absolute Gasteiger partial charge is 0.227 e. The van der Waals surface area contributed by atoms with Crippen LogP contribution in [0.3, 0.4) is 0 Å². The lowest BCUT2D eigenvalue weighted by molar-refractivity contribution is -0.134. The van der Waals surface area contributed by atoms with Crippen LogP contribution < -0.4 is 4.90 Å². The number of carbonyl (C=O) groups is 1. The van der Waals surface area contributed by atoms with Gasteiger partial charge in [-0.05, 0) is 30.5 Å². The molecule has 2 aromatic heterocycles. The summed E-state index contributed by atoms with van der Waals surface area (Å²) in [5.74, 6) is 0.936. The molecule has 8 heteroatoms. The lowest BCUT2D eigenvalue weighted by Gasteiger charge is -2.43. The molecule has 1 saturated heterocycles. The zero-order valence-corrected chi connectivity index (χ0v) is 16.5. The van der Waals surface area contributed by atoms with Crippen LogP contribution in [0.2, 0.25) is 5.02 Å². The molecule has 7 nitrogen and oxygen atoms in total. The van der Waals surface area contributed by atoms with E-state index in [4.69, 9.17) is 16.9 Å². The van der Waals surface area contributed by atoms with Crippen LogP contribution in [0, 0.1) is 11.3 Å². The Kier molecular flexibility index (Phi) is 4.18. The standard InChI is InChI=1S/C21H19ClN6O/c22-16-11-24-19-18(16)20(26-13-25-19)27-6-7-28(21(12-27)4-5-21)17(29)9-14-2-1-3-15(8-14)10-23/h1-3,8,11,13H,4-7,9,12H2,(H,24,25,26). The Balaban J connectivity index is 1.36. The first-order valence-electron chi connectivity index (χ1n) is 9.62. The first-order chi connectivity index (χ1) is 14.1. The van der Waals surface area contributed by atoms with Crippen LogP contribution >= 0.6 is 11.6 Å². The summed E-state index contributed by atoms with van der Waals surface area (Å²) in [6.07, 6.45) is 5.57. The molecule has 146 valence electrons. The van der Waals surface area contributed by atoms with E-state index in [2.05, 4.69) is 25.9 Å². The van der Waals surface area contributed by atoms with Crippen LogP contribution in [0.15, 0.2) is 36.8 Å². The molecule has 1 aliphatic heterocycles. The molecule has 0 radical (unpaired) electrons. The number of aromatic nitrogens is 3. The Morgan fingerprint density at radius 1 is 1.31 bits per heavy atom. The predicted octanol–water partition coefficient (Wildman–Crippen LogP) is 2.91. The van der Waals surface area contributed by atoms with Gasteiger partial charge in [-0.2, -0.15) is 5.26 Å². The van der Waals surface area contributed by atoms with Gasteiger partial charge in [0.25, 0.3) is 0 Å². The Bertz CT molecular complexity index is 1150. The number of amides is 1. The molecule has 1 saturated carbocycles. The number of fused-ring (bicyclic) bond motifs is 1. The molecule has 0 bridgehead atoms. The van der Waals surface area contributed by atoms with Gasteiger partial charge in [0.1, 0.15) is 17.8 Å². The van der Waals surface area contributed by atoms with Crippen LogP contribution in [0.25, 0.3) is 11.0 Å². The number of aromatic amines is 1. The maximum absolute atomic E-state index is 13.1. The van der Waals surface area contributed by atoms with Gasteiger partial charge < -0.3 is 14.8 Å². The lowest BCUT2D eigenvalue weighted by atomic mass is 10.0. The molecular weight excluding hydrogens is 388 g/mol. The van der Waals surface area contributed by atoms with Gasteiger partial charge in [0.15, 0.2) is 0 Å². The number of hydrogen-bond donors (Lipinski definition) is 1. The number of nitrogens with zero attached hydrogens (tertiary/aromatic N) is 5. The fourth-order valence-corrected chi connectivity index (χ4v) is 4.52. The van der Waals surface area contributed by atoms with Crippen LogP contribution in [-0.2, 0) is 11.2 Å². The van der Waals surface area contributed by atoms with E-state index in [0.29, 0.717) is 30.1 Å². The van der Waals surface area contributed by atoms with Gasteiger partial charge in [-0.1, -0.05) is 23.7 Å². The van der Waals surface area contributed by atoms with Gasteiger partial charge in [0, 0.05) is 25.8 Å². The van der Waals surface area contributed by atoms with Gasteiger partial charge in [0.2, 0.25) is 5.91 Å². The number of rotatable bonds is 3. The van der Waals surface area contributed by atoms with Gasteiger partial charge in [-0.3, -0.25) is 4.79 Å². The summed E-state index contributed by atoms with van der Waals surface area (Å²) in [6.45, 7) is 2.08. The highest BCUT2D eigenvalue weighted by molar-refractivity contribution is 6.36. The minimum absolute atomic E-state index is 0.116. The summed E-state index contributed by atoms with van der Waals surface area (Å²) in [6, 6.07) is 9.41. The van der Waals surface area contributed by atoms with Gasteiger partial charge in [-0.25, -0.2) is 9.97 Å². The quantitative estimate of drug-likeness (QED) is 0.722. The van der Waals surface area contributed by atoms with Crippen molar-refractivity contribution in [3.8, 4) is 6.07 Å². The average Bonchev–Trinajstić information content (AvgIpc) is 3.39. The van der Waals surface area contributed by atoms with Crippen molar-refractivity contribution in [2.45, 2.75) is 24.8 Å². The zero-order chi connectivity index (χ0) is 20.0. The first kappa shape index (κ1) is 18.0. The van der Waals surface area contributed by atoms with Crippen LogP contribution in [0.1, 0.15) is 24.0 Å². The number of nitriles is 1. The minimum atomic E-state index is -0.137. The normalized spacial score (nSPS) is 17.5. The fourth-order valence-electron chi connectivity index (χ4n) is 4.29. The van der Waals surface area contributed by atoms with Crippen molar-refractivity contribution in [1.82, 2.24) is 19.9 Å². The zero-order valence-electron chi connectivity index (χ0n) is 15.7. The molecule has 3 aromatic rings. The third kappa shape index (κ3) is 3.10. The van der Waals surface area contributed by atoms with Crippen molar-refractivity contribution in [3.05, 3.63) is 52.9 Å². The van der Waals surface area contributed by atoms with Crippen molar-refractivity contribution in [1.29, 1.82) is 5.26 Å². The number of benzene rings is 1. The summed E-state index contributed by atoms with van der Waals surface area (Å²) < 4.78 is 0. The van der Waals surface area contributed by atoms with Gasteiger partial charge in [0.05, 0.1) is 34.0 Å². The number of carbonyl (C=O) groups excluding carboxylic acids is 1. The van der Waals surface area contributed by atoms with Crippen molar-refractivity contribution in [3.63, 3.8) is 0 Å². The maximum Gasteiger partial charge on any atom is 0.227 e. The van der Waals surface area contributed by atoms with E-state index in [1.54, 1.807) is 24.7 Å². The maximum atomic E-state index is 13.1. The molecule has 1 aromatic carbocycles. The number of nitrogens with one attached hydrogen (secondary N) is 1.